The van der Waals surface area contributed by atoms with Gasteiger partial charge in [-0.2, -0.15) is 0 Å². The summed E-state index contributed by atoms with van der Waals surface area (Å²) in [4.78, 5) is 14.3. The first kappa shape index (κ1) is 10.8. The lowest BCUT2D eigenvalue weighted by Crippen LogP contribution is -2.35. The predicted octanol–water partition coefficient (Wildman–Crippen LogP) is 3.09. The Hall–Kier alpha value is -1.31. The Balaban J connectivity index is 1.74. The van der Waals surface area contributed by atoms with E-state index in [4.69, 9.17) is 0 Å². The average molecular weight is 229 g/mol. The summed E-state index contributed by atoms with van der Waals surface area (Å²) in [5.74, 6) is 2.11. The highest BCUT2D eigenvalue weighted by Gasteiger charge is 2.44. The van der Waals surface area contributed by atoms with Crippen molar-refractivity contribution in [2.24, 2.45) is 17.8 Å². The summed E-state index contributed by atoms with van der Waals surface area (Å²) in [6, 6.07) is 9.97. The van der Waals surface area contributed by atoms with Gasteiger partial charge in [-0.15, -0.1) is 0 Å². The van der Waals surface area contributed by atoms with Crippen LogP contribution in [-0.2, 0) is 4.79 Å². The molecule has 0 aromatic heterocycles. The second-order valence-corrected chi connectivity index (χ2v) is 5.51. The molecule has 0 N–H and O–H groups in total. The van der Waals surface area contributed by atoms with Crippen molar-refractivity contribution in [2.45, 2.75) is 25.7 Å². The van der Waals surface area contributed by atoms with Gasteiger partial charge in [0.15, 0.2) is 0 Å². The van der Waals surface area contributed by atoms with E-state index in [1.807, 2.05) is 42.3 Å². The van der Waals surface area contributed by atoms with Gasteiger partial charge in [0.05, 0.1) is 0 Å². The Kier molecular flexibility index (Phi) is 2.65. The quantitative estimate of drug-likeness (QED) is 0.763. The normalized spacial score (nSPS) is 30.5. The van der Waals surface area contributed by atoms with E-state index in [1.54, 1.807) is 0 Å². The van der Waals surface area contributed by atoms with Gasteiger partial charge >= 0.3 is 0 Å². The van der Waals surface area contributed by atoms with Gasteiger partial charge in [-0.1, -0.05) is 24.6 Å². The van der Waals surface area contributed by atoms with Gasteiger partial charge in [-0.25, -0.2) is 0 Å². The van der Waals surface area contributed by atoms with Gasteiger partial charge in [0, 0.05) is 18.7 Å². The summed E-state index contributed by atoms with van der Waals surface area (Å²) in [6.45, 7) is 0. The topological polar surface area (TPSA) is 20.3 Å². The highest BCUT2D eigenvalue weighted by molar-refractivity contribution is 5.94. The number of carbonyl (C=O) groups is 1. The molecule has 2 heteroatoms. The number of rotatable bonds is 2. The smallest absolute Gasteiger partial charge is 0.230 e. The number of fused-ring (bicyclic) bond motifs is 2. The van der Waals surface area contributed by atoms with Crippen molar-refractivity contribution in [2.75, 3.05) is 11.9 Å². The Morgan fingerprint density at radius 1 is 1.18 bits per heavy atom. The van der Waals surface area contributed by atoms with E-state index in [9.17, 15) is 4.79 Å². The van der Waals surface area contributed by atoms with Crippen molar-refractivity contribution in [1.82, 2.24) is 0 Å². The third-order valence-electron chi connectivity index (χ3n) is 4.53. The number of para-hydroxylation sites is 1. The molecule has 0 aliphatic heterocycles. The van der Waals surface area contributed by atoms with Crippen molar-refractivity contribution in [1.29, 1.82) is 0 Å². The summed E-state index contributed by atoms with van der Waals surface area (Å²) in [6.07, 6.45) is 5.03. The zero-order valence-corrected chi connectivity index (χ0v) is 10.3. The van der Waals surface area contributed by atoms with Crippen LogP contribution in [0, 0.1) is 17.8 Å². The zero-order valence-electron chi connectivity index (χ0n) is 10.3. The molecule has 0 heterocycles. The van der Waals surface area contributed by atoms with Gasteiger partial charge in [-0.3, -0.25) is 4.79 Å². The van der Waals surface area contributed by atoms with E-state index >= 15 is 0 Å². The van der Waals surface area contributed by atoms with E-state index in [0.29, 0.717) is 17.7 Å². The molecule has 1 amide bonds. The van der Waals surface area contributed by atoms with Crippen LogP contribution >= 0.6 is 0 Å². The first-order chi connectivity index (χ1) is 8.25. The third kappa shape index (κ3) is 1.86. The molecule has 3 rings (SSSR count). The fourth-order valence-electron chi connectivity index (χ4n) is 3.57. The molecule has 90 valence electrons. The molecule has 2 fully saturated rings. The molecular weight excluding hydrogens is 210 g/mol. The number of hydrogen-bond acceptors (Lipinski definition) is 1. The number of anilines is 1. The average Bonchev–Trinajstić information content (AvgIpc) is 3.00. The van der Waals surface area contributed by atoms with Crippen molar-refractivity contribution < 1.29 is 4.79 Å². The van der Waals surface area contributed by atoms with E-state index in [-0.39, 0.29) is 0 Å². The maximum Gasteiger partial charge on any atom is 0.230 e. The summed E-state index contributed by atoms with van der Waals surface area (Å²) in [5.41, 5.74) is 1.01. The van der Waals surface area contributed by atoms with Gasteiger partial charge in [-0.05, 0) is 43.2 Å². The van der Waals surface area contributed by atoms with Crippen LogP contribution in [0.4, 0.5) is 5.69 Å². The highest BCUT2D eigenvalue weighted by atomic mass is 16.2. The highest BCUT2D eigenvalue weighted by Crippen LogP contribution is 2.49. The predicted molar refractivity (Wildman–Crippen MR) is 68.8 cm³/mol. The first-order valence-corrected chi connectivity index (χ1v) is 6.58. The fourth-order valence-corrected chi connectivity index (χ4v) is 3.57. The number of hydrogen-bond donors (Lipinski definition) is 0. The number of benzene rings is 1. The Bertz CT molecular complexity index is 414. The van der Waals surface area contributed by atoms with Crippen LogP contribution in [0.15, 0.2) is 30.3 Å². The fraction of sp³-hybridized carbons (Fsp3) is 0.533. The van der Waals surface area contributed by atoms with Crippen molar-refractivity contribution in [3.8, 4) is 0 Å². The van der Waals surface area contributed by atoms with Gasteiger partial charge < -0.3 is 4.90 Å². The van der Waals surface area contributed by atoms with E-state index in [2.05, 4.69) is 0 Å². The van der Waals surface area contributed by atoms with Gasteiger partial charge in [0.2, 0.25) is 5.91 Å². The molecule has 2 saturated carbocycles. The van der Waals surface area contributed by atoms with Crippen molar-refractivity contribution >= 4 is 11.6 Å². The van der Waals surface area contributed by atoms with E-state index in [0.717, 1.165) is 18.0 Å². The SMILES string of the molecule is CN(C(=O)[C@H]1C[C@H]2CC[C@H]1C2)c1ccccc1. The molecular formula is C15H19NO. The van der Waals surface area contributed by atoms with Crippen LogP contribution in [-0.4, -0.2) is 13.0 Å². The minimum atomic E-state index is 0.291. The number of amides is 1. The molecule has 2 nitrogen and oxygen atoms in total. The maximum atomic E-state index is 12.5. The minimum absolute atomic E-state index is 0.291. The number of nitrogens with zero attached hydrogens (tertiary/aromatic N) is 1. The largest absolute Gasteiger partial charge is 0.315 e. The molecule has 2 aliphatic carbocycles. The molecule has 17 heavy (non-hydrogen) atoms. The van der Waals surface area contributed by atoms with E-state index in [1.165, 1.54) is 19.3 Å². The maximum absolute atomic E-state index is 12.5. The first-order valence-electron chi connectivity index (χ1n) is 6.58. The summed E-state index contributed by atoms with van der Waals surface area (Å²) in [5, 5.41) is 0. The second-order valence-electron chi connectivity index (χ2n) is 5.51. The molecule has 0 unspecified atom stereocenters. The monoisotopic (exact) mass is 229 g/mol. The molecule has 1 aromatic carbocycles. The van der Waals surface area contributed by atoms with Crippen LogP contribution in [0.1, 0.15) is 25.7 Å². The zero-order chi connectivity index (χ0) is 11.8. The van der Waals surface area contributed by atoms with Gasteiger partial charge in [0.1, 0.15) is 0 Å². The Labute approximate surface area is 103 Å². The molecule has 0 saturated heterocycles. The summed E-state index contributed by atoms with van der Waals surface area (Å²) >= 11 is 0. The minimum Gasteiger partial charge on any atom is -0.315 e. The van der Waals surface area contributed by atoms with Crippen molar-refractivity contribution in [3.63, 3.8) is 0 Å². The van der Waals surface area contributed by atoms with Crippen molar-refractivity contribution in [3.05, 3.63) is 30.3 Å². The lowest BCUT2D eigenvalue weighted by molar-refractivity contribution is -0.123. The third-order valence-corrected chi connectivity index (χ3v) is 4.53. The summed E-state index contributed by atoms with van der Waals surface area (Å²) < 4.78 is 0. The van der Waals surface area contributed by atoms with Crippen LogP contribution < -0.4 is 4.90 Å². The second kappa shape index (κ2) is 4.17. The Morgan fingerprint density at radius 3 is 2.53 bits per heavy atom. The molecule has 3 atom stereocenters. The summed E-state index contributed by atoms with van der Waals surface area (Å²) in [7, 11) is 1.91. The van der Waals surface area contributed by atoms with Crippen LogP contribution in [0.2, 0.25) is 0 Å². The van der Waals surface area contributed by atoms with Gasteiger partial charge in [0.25, 0.3) is 0 Å². The molecule has 0 spiro atoms. The lowest BCUT2D eigenvalue weighted by atomic mass is 9.88. The van der Waals surface area contributed by atoms with E-state index < -0.39 is 0 Å². The van der Waals surface area contributed by atoms with Crippen LogP contribution in [0.5, 0.6) is 0 Å². The molecule has 0 radical (unpaired) electrons. The van der Waals surface area contributed by atoms with Crippen LogP contribution in [0.25, 0.3) is 0 Å². The lowest BCUT2D eigenvalue weighted by Gasteiger charge is -2.26. The number of carbonyl (C=O) groups excluding carboxylic acids is 1. The standard InChI is InChI=1S/C15H19NO/c1-16(13-5-3-2-4-6-13)15(17)14-10-11-7-8-12(14)9-11/h2-6,11-12,14H,7-10H2,1H3/t11-,12-,14-/m0/s1. The molecule has 2 aliphatic rings. The molecule has 1 aromatic rings. The Morgan fingerprint density at radius 2 is 1.94 bits per heavy atom. The van der Waals surface area contributed by atoms with Crippen LogP contribution in [0.3, 0.4) is 0 Å². The molecule has 2 bridgehead atoms.